The largest absolute Gasteiger partial charge is 0.462 e. The van der Waals surface area contributed by atoms with Gasteiger partial charge < -0.3 is 15.0 Å². The van der Waals surface area contributed by atoms with E-state index in [9.17, 15) is 9.59 Å². The van der Waals surface area contributed by atoms with Crippen LogP contribution in [0.1, 0.15) is 60.4 Å². The Kier molecular flexibility index (Phi) is 6.63. The van der Waals surface area contributed by atoms with Gasteiger partial charge in [0.05, 0.1) is 12.2 Å². The van der Waals surface area contributed by atoms with Crippen LogP contribution in [0, 0.1) is 0 Å². The Bertz CT molecular complexity index is 820. The number of benzene rings is 1. The zero-order valence-electron chi connectivity index (χ0n) is 16.5. The van der Waals surface area contributed by atoms with E-state index in [-0.39, 0.29) is 11.9 Å². The Morgan fingerprint density at radius 2 is 1.93 bits per heavy atom. The molecule has 1 aromatic heterocycles. The van der Waals surface area contributed by atoms with Crippen LogP contribution in [-0.2, 0) is 4.74 Å². The van der Waals surface area contributed by atoms with Gasteiger partial charge in [-0.25, -0.2) is 4.79 Å². The van der Waals surface area contributed by atoms with E-state index in [1.165, 1.54) is 6.42 Å². The fraction of sp³-hybridized carbons (Fsp3) is 0.409. The summed E-state index contributed by atoms with van der Waals surface area (Å²) in [7, 11) is 0. The van der Waals surface area contributed by atoms with E-state index in [1.807, 2.05) is 23.1 Å². The van der Waals surface area contributed by atoms with E-state index in [4.69, 9.17) is 4.74 Å². The first-order valence-electron chi connectivity index (χ1n) is 9.93. The molecule has 6 heteroatoms. The number of esters is 1. The van der Waals surface area contributed by atoms with Crippen molar-refractivity contribution in [1.29, 1.82) is 0 Å². The summed E-state index contributed by atoms with van der Waals surface area (Å²) in [5, 5.41) is 3.26. The van der Waals surface area contributed by atoms with Gasteiger partial charge in [0.25, 0.3) is 5.91 Å². The van der Waals surface area contributed by atoms with Gasteiger partial charge in [-0.1, -0.05) is 6.92 Å². The van der Waals surface area contributed by atoms with Crippen LogP contribution in [0.2, 0.25) is 0 Å². The van der Waals surface area contributed by atoms with E-state index in [0.29, 0.717) is 23.9 Å². The minimum absolute atomic E-state index is 0.00661. The fourth-order valence-corrected chi connectivity index (χ4v) is 3.54. The van der Waals surface area contributed by atoms with Crippen molar-refractivity contribution in [2.45, 2.75) is 45.6 Å². The van der Waals surface area contributed by atoms with E-state index < -0.39 is 0 Å². The molecule has 1 atom stereocenters. The molecule has 1 fully saturated rings. The van der Waals surface area contributed by atoms with Gasteiger partial charge in [-0.3, -0.25) is 9.78 Å². The molecule has 1 unspecified atom stereocenters. The standard InChI is InChI=1S/C22H27N3O3/c1-3-19-7-5-6-14-25(19)21(26)20-15-18(12-13-23-20)24-17-10-8-16(9-11-17)22(27)28-4-2/h8-13,15,19H,3-7,14H2,1-2H3,(H,23,24). The van der Waals surface area contributed by atoms with Crippen molar-refractivity contribution in [3.8, 4) is 0 Å². The molecule has 3 rings (SSSR count). The number of ether oxygens (including phenoxy) is 1. The van der Waals surface area contributed by atoms with Crippen molar-refractivity contribution in [3.63, 3.8) is 0 Å². The fourth-order valence-electron chi connectivity index (χ4n) is 3.54. The predicted octanol–water partition coefficient (Wildman–Crippen LogP) is 4.41. The summed E-state index contributed by atoms with van der Waals surface area (Å²) in [6.07, 6.45) is 5.91. The monoisotopic (exact) mass is 381 g/mol. The number of carbonyl (C=O) groups excluding carboxylic acids is 2. The zero-order chi connectivity index (χ0) is 19.9. The molecule has 0 spiro atoms. The number of likely N-dealkylation sites (tertiary alicyclic amines) is 1. The maximum Gasteiger partial charge on any atom is 0.338 e. The van der Waals surface area contributed by atoms with Crippen LogP contribution in [-0.4, -0.2) is 41.0 Å². The van der Waals surface area contributed by atoms with E-state index in [2.05, 4.69) is 17.2 Å². The van der Waals surface area contributed by atoms with E-state index in [0.717, 1.165) is 37.2 Å². The van der Waals surface area contributed by atoms with Crippen LogP contribution in [0.25, 0.3) is 0 Å². The SMILES string of the molecule is CCOC(=O)c1ccc(Nc2ccnc(C(=O)N3CCCCC3CC)c2)cc1. The third kappa shape index (κ3) is 4.68. The third-order valence-corrected chi connectivity index (χ3v) is 5.02. The minimum atomic E-state index is -0.335. The molecule has 2 aromatic rings. The Morgan fingerprint density at radius 1 is 1.14 bits per heavy atom. The summed E-state index contributed by atoms with van der Waals surface area (Å²) < 4.78 is 4.99. The number of hydrogen-bond acceptors (Lipinski definition) is 5. The molecule has 148 valence electrons. The number of anilines is 2. The summed E-state index contributed by atoms with van der Waals surface area (Å²) in [4.78, 5) is 30.9. The highest BCUT2D eigenvalue weighted by atomic mass is 16.5. The van der Waals surface area contributed by atoms with Gasteiger partial charge in [-0.05, 0) is 69.0 Å². The lowest BCUT2D eigenvalue weighted by Crippen LogP contribution is -2.43. The lowest BCUT2D eigenvalue weighted by Gasteiger charge is -2.35. The van der Waals surface area contributed by atoms with Gasteiger partial charge >= 0.3 is 5.97 Å². The van der Waals surface area contributed by atoms with Gasteiger partial charge in [0.15, 0.2) is 0 Å². The van der Waals surface area contributed by atoms with Gasteiger partial charge in [0, 0.05) is 30.2 Å². The normalized spacial score (nSPS) is 16.5. The highest BCUT2D eigenvalue weighted by Gasteiger charge is 2.27. The van der Waals surface area contributed by atoms with Crippen molar-refractivity contribution in [3.05, 3.63) is 53.9 Å². The van der Waals surface area contributed by atoms with Crippen molar-refractivity contribution in [2.75, 3.05) is 18.5 Å². The number of amides is 1. The van der Waals surface area contributed by atoms with E-state index in [1.54, 1.807) is 31.3 Å². The number of rotatable bonds is 6. The molecule has 1 aromatic carbocycles. The maximum atomic E-state index is 12.9. The molecule has 1 N–H and O–H groups in total. The Balaban J connectivity index is 1.71. The smallest absolute Gasteiger partial charge is 0.338 e. The van der Waals surface area contributed by atoms with Crippen molar-refractivity contribution >= 4 is 23.3 Å². The molecule has 0 bridgehead atoms. The number of nitrogens with one attached hydrogen (secondary N) is 1. The molecule has 6 nitrogen and oxygen atoms in total. The highest BCUT2D eigenvalue weighted by molar-refractivity contribution is 5.93. The number of hydrogen-bond donors (Lipinski definition) is 1. The molecule has 0 saturated carbocycles. The average molecular weight is 381 g/mol. The second kappa shape index (κ2) is 9.35. The summed E-state index contributed by atoms with van der Waals surface area (Å²) in [5.41, 5.74) is 2.57. The molecule has 1 aliphatic heterocycles. The first-order chi connectivity index (χ1) is 13.6. The summed E-state index contributed by atoms with van der Waals surface area (Å²) >= 11 is 0. The lowest BCUT2D eigenvalue weighted by atomic mass is 9.99. The number of piperidine rings is 1. The summed E-state index contributed by atoms with van der Waals surface area (Å²) in [6, 6.07) is 11.0. The highest BCUT2D eigenvalue weighted by Crippen LogP contribution is 2.23. The molecule has 1 amide bonds. The molecule has 0 radical (unpaired) electrons. The van der Waals surface area contributed by atoms with Gasteiger partial charge in [0.1, 0.15) is 5.69 Å². The van der Waals surface area contributed by atoms with Gasteiger partial charge in [-0.2, -0.15) is 0 Å². The van der Waals surface area contributed by atoms with Crippen LogP contribution in [0.5, 0.6) is 0 Å². The van der Waals surface area contributed by atoms with Gasteiger partial charge in [0.2, 0.25) is 0 Å². The quantitative estimate of drug-likeness (QED) is 0.751. The summed E-state index contributed by atoms with van der Waals surface area (Å²) in [5.74, 6) is -0.342. The average Bonchev–Trinajstić information content (AvgIpc) is 2.74. The molecule has 2 heterocycles. The lowest BCUT2D eigenvalue weighted by molar-refractivity contribution is 0.0525. The second-order valence-corrected chi connectivity index (χ2v) is 6.91. The first-order valence-corrected chi connectivity index (χ1v) is 9.93. The van der Waals surface area contributed by atoms with E-state index >= 15 is 0 Å². The van der Waals surface area contributed by atoms with Crippen LogP contribution in [0.15, 0.2) is 42.6 Å². The molecular formula is C22H27N3O3. The number of nitrogens with zero attached hydrogens (tertiary/aromatic N) is 2. The Morgan fingerprint density at radius 3 is 2.64 bits per heavy atom. The zero-order valence-corrected chi connectivity index (χ0v) is 16.5. The van der Waals surface area contributed by atoms with Gasteiger partial charge in [-0.15, -0.1) is 0 Å². The molecule has 1 saturated heterocycles. The van der Waals surface area contributed by atoms with Crippen molar-refractivity contribution in [2.24, 2.45) is 0 Å². The molecule has 28 heavy (non-hydrogen) atoms. The first kappa shape index (κ1) is 19.9. The van der Waals surface area contributed by atoms with Crippen LogP contribution >= 0.6 is 0 Å². The second-order valence-electron chi connectivity index (χ2n) is 6.91. The molecular weight excluding hydrogens is 354 g/mol. The van der Waals surface area contributed by atoms with Crippen LogP contribution in [0.3, 0.4) is 0 Å². The molecule has 1 aliphatic rings. The number of aromatic nitrogens is 1. The topological polar surface area (TPSA) is 71.5 Å². The maximum absolute atomic E-state index is 12.9. The number of pyridine rings is 1. The van der Waals surface area contributed by atoms with Crippen LogP contribution < -0.4 is 5.32 Å². The predicted molar refractivity (Wildman–Crippen MR) is 109 cm³/mol. The Labute approximate surface area is 165 Å². The number of carbonyl (C=O) groups is 2. The molecule has 0 aliphatic carbocycles. The summed E-state index contributed by atoms with van der Waals surface area (Å²) in [6.45, 7) is 5.05. The third-order valence-electron chi connectivity index (χ3n) is 5.02. The van der Waals surface area contributed by atoms with Crippen LogP contribution in [0.4, 0.5) is 11.4 Å². The van der Waals surface area contributed by atoms with Crippen molar-refractivity contribution < 1.29 is 14.3 Å². The van der Waals surface area contributed by atoms with Crippen molar-refractivity contribution in [1.82, 2.24) is 9.88 Å². The minimum Gasteiger partial charge on any atom is -0.462 e. The Hall–Kier alpha value is -2.89.